The second kappa shape index (κ2) is 9.12. The van der Waals surface area contributed by atoms with Crippen LogP contribution in [0.25, 0.3) is 11.1 Å². The van der Waals surface area contributed by atoms with Crippen LogP contribution in [0.5, 0.6) is 0 Å². The second-order valence-corrected chi connectivity index (χ2v) is 6.12. The predicted molar refractivity (Wildman–Crippen MR) is 99.7 cm³/mol. The maximum Gasteiger partial charge on any atom is 0.490 e. The van der Waals surface area contributed by atoms with Gasteiger partial charge in [0.25, 0.3) is 0 Å². The zero-order valence-corrected chi connectivity index (χ0v) is 15.8. The fourth-order valence-electron chi connectivity index (χ4n) is 2.26. The molecule has 0 radical (unpaired) electrons. The number of nitrogens with two attached hydrogens (primary N) is 1. The van der Waals surface area contributed by atoms with Crippen LogP contribution in [0.4, 0.5) is 43.9 Å². The van der Waals surface area contributed by atoms with Crippen molar-refractivity contribution in [2.75, 3.05) is 11.1 Å². The number of aliphatic carboxylic acids is 1. The molecule has 5 N–H and O–H groups in total. The minimum absolute atomic E-state index is 0.0398. The Labute approximate surface area is 174 Å². The molecule has 3 rings (SSSR count). The molecule has 2 aromatic carbocycles. The van der Waals surface area contributed by atoms with Gasteiger partial charge in [0.05, 0.1) is 10.6 Å². The highest BCUT2D eigenvalue weighted by Crippen LogP contribution is 2.43. The van der Waals surface area contributed by atoms with Crippen molar-refractivity contribution in [3.63, 3.8) is 0 Å². The summed E-state index contributed by atoms with van der Waals surface area (Å²) in [6.45, 7) is 0. The van der Waals surface area contributed by atoms with E-state index in [2.05, 4.69) is 20.5 Å². The topological polar surface area (TPSA) is 117 Å². The van der Waals surface area contributed by atoms with Crippen LogP contribution in [0.2, 0.25) is 5.02 Å². The van der Waals surface area contributed by atoms with Crippen LogP contribution in [-0.4, -0.2) is 32.4 Å². The number of carboxylic acids is 1. The molecule has 3 aromatic rings. The molecule has 0 aliphatic rings. The third-order valence-corrected chi connectivity index (χ3v) is 3.76. The van der Waals surface area contributed by atoms with E-state index in [1.54, 1.807) is 30.3 Å². The highest BCUT2D eigenvalue weighted by atomic mass is 35.5. The van der Waals surface area contributed by atoms with Crippen molar-refractivity contribution < 1.29 is 36.2 Å². The molecule has 31 heavy (non-hydrogen) atoms. The molecule has 1 heterocycles. The monoisotopic (exact) mass is 467 g/mol. The maximum absolute atomic E-state index is 13.5. The number of carbonyl (C=O) groups is 1. The summed E-state index contributed by atoms with van der Waals surface area (Å²) >= 11 is 6.13. The Kier molecular flexibility index (Phi) is 7.00. The SMILES string of the molecule is Nc1nc(Nc2cc(Cl)c(-c3ccccc3)c(C(F)(F)F)c2)n[nH]1.O=C(O)C(F)(F)F. The second-order valence-electron chi connectivity index (χ2n) is 5.72. The Hall–Kier alpha value is -3.48. The van der Waals surface area contributed by atoms with Crippen molar-refractivity contribution in [3.05, 3.63) is 53.1 Å². The van der Waals surface area contributed by atoms with E-state index in [4.69, 9.17) is 27.2 Å². The van der Waals surface area contributed by atoms with Crippen molar-refractivity contribution in [1.82, 2.24) is 15.2 Å². The van der Waals surface area contributed by atoms with E-state index >= 15 is 0 Å². The normalized spacial score (nSPS) is 11.5. The van der Waals surface area contributed by atoms with Crippen LogP contribution in [0.3, 0.4) is 0 Å². The minimum Gasteiger partial charge on any atom is -0.475 e. The van der Waals surface area contributed by atoms with Crippen molar-refractivity contribution in [3.8, 4) is 11.1 Å². The lowest BCUT2D eigenvalue weighted by Crippen LogP contribution is -2.21. The Morgan fingerprint density at radius 2 is 1.68 bits per heavy atom. The number of halogens is 7. The third-order valence-electron chi connectivity index (χ3n) is 3.46. The Bertz CT molecular complexity index is 1050. The van der Waals surface area contributed by atoms with Crippen LogP contribution < -0.4 is 11.1 Å². The van der Waals surface area contributed by atoms with Crippen LogP contribution in [0.15, 0.2) is 42.5 Å². The summed E-state index contributed by atoms with van der Waals surface area (Å²) in [4.78, 5) is 12.7. The van der Waals surface area contributed by atoms with Gasteiger partial charge in [-0.05, 0) is 17.7 Å². The number of aromatic nitrogens is 3. The Morgan fingerprint density at radius 3 is 2.13 bits per heavy atom. The Balaban J connectivity index is 0.000000423. The molecule has 7 nitrogen and oxygen atoms in total. The Morgan fingerprint density at radius 1 is 1.10 bits per heavy atom. The number of anilines is 3. The quantitative estimate of drug-likeness (QED) is 0.398. The van der Waals surface area contributed by atoms with E-state index < -0.39 is 23.9 Å². The summed E-state index contributed by atoms with van der Waals surface area (Å²) < 4.78 is 72.2. The van der Waals surface area contributed by atoms with E-state index in [0.29, 0.717) is 5.56 Å². The van der Waals surface area contributed by atoms with E-state index in [9.17, 15) is 26.3 Å². The van der Waals surface area contributed by atoms with Gasteiger partial charge in [-0.2, -0.15) is 31.3 Å². The predicted octanol–water partition coefficient (Wildman–Crippen LogP) is 5.10. The average Bonchev–Trinajstić information content (AvgIpc) is 3.05. The summed E-state index contributed by atoms with van der Waals surface area (Å²) in [6, 6.07) is 10.5. The molecule has 0 aliphatic carbocycles. The van der Waals surface area contributed by atoms with E-state index in [0.717, 1.165) is 6.07 Å². The molecule has 1 aromatic heterocycles. The number of alkyl halides is 6. The van der Waals surface area contributed by atoms with E-state index in [1.807, 2.05) is 0 Å². The number of H-pyrrole nitrogens is 1. The van der Waals surface area contributed by atoms with E-state index in [-0.39, 0.29) is 28.2 Å². The fraction of sp³-hybridized carbons (Fsp3) is 0.118. The van der Waals surface area contributed by atoms with Crippen molar-refractivity contribution >= 4 is 35.2 Å². The molecular weight excluding hydrogens is 456 g/mol. The minimum atomic E-state index is -5.08. The van der Waals surface area contributed by atoms with Gasteiger partial charge in [-0.1, -0.05) is 41.9 Å². The van der Waals surface area contributed by atoms with Gasteiger partial charge >= 0.3 is 18.3 Å². The van der Waals surface area contributed by atoms with Gasteiger partial charge in [0.15, 0.2) is 0 Å². The molecule has 0 saturated heterocycles. The summed E-state index contributed by atoms with van der Waals surface area (Å²) in [5.74, 6) is -2.67. The molecule has 166 valence electrons. The molecule has 0 fully saturated rings. The third kappa shape index (κ3) is 6.50. The summed E-state index contributed by atoms with van der Waals surface area (Å²) in [7, 11) is 0. The molecule has 0 bridgehead atoms. The number of benzene rings is 2. The fourth-order valence-corrected chi connectivity index (χ4v) is 2.59. The largest absolute Gasteiger partial charge is 0.490 e. The lowest BCUT2D eigenvalue weighted by atomic mass is 9.98. The number of hydrogen-bond donors (Lipinski definition) is 4. The first-order valence-corrected chi connectivity index (χ1v) is 8.38. The molecule has 0 unspecified atom stereocenters. The molecule has 0 saturated carbocycles. The molecule has 0 aliphatic heterocycles. The molecule has 14 heteroatoms. The van der Waals surface area contributed by atoms with Crippen molar-refractivity contribution in [2.24, 2.45) is 0 Å². The molecule has 0 spiro atoms. The first-order chi connectivity index (χ1) is 14.3. The van der Waals surface area contributed by atoms with Crippen LogP contribution in [0, 0.1) is 0 Å². The summed E-state index contributed by atoms with van der Waals surface area (Å²) in [6.07, 6.45) is -9.66. The number of nitrogens with one attached hydrogen (secondary N) is 2. The number of carboxylic acid groups (broad SMARTS) is 1. The van der Waals surface area contributed by atoms with Crippen LogP contribution >= 0.6 is 11.6 Å². The number of nitrogen functional groups attached to an aromatic ring is 1. The number of aromatic amines is 1. The van der Waals surface area contributed by atoms with Gasteiger partial charge in [-0.15, -0.1) is 5.10 Å². The molecule has 0 amide bonds. The zero-order valence-electron chi connectivity index (χ0n) is 15.0. The standard InChI is InChI=1S/C15H11ClF3N5.C2HF3O2/c16-11-7-9(21-14-22-13(20)23-24-14)6-10(15(17,18)19)12(11)8-4-2-1-3-5-8;3-2(4,5)1(6)7/h1-7H,(H4,20,21,22,23,24);(H,6,7). The lowest BCUT2D eigenvalue weighted by Gasteiger charge is -2.17. The van der Waals surface area contributed by atoms with Gasteiger partial charge in [0, 0.05) is 11.3 Å². The highest BCUT2D eigenvalue weighted by Gasteiger charge is 2.38. The van der Waals surface area contributed by atoms with Crippen molar-refractivity contribution in [1.29, 1.82) is 0 Å². The maximum atomic E-state index is 13.5. The van der Waals surface area contributed by atoms with E-state index in [1.165, 1.54) is 6.07 Å². The van der Waals surface area contributed by atoms with Gasteiger partial charge in [0.2, 0.25) is 11.9 Å². The average molecular weight is 468 g/mol. The van der Waals surface area contributed by atoms with Crippen LogP contribution in [-0.2, 0) is 11.0 Å². The summed E-state index contributed by atoms with van der Waals surface area (Å²) in [5.41, 5.74) is 4.93. The molecule has 0 atom stereocenters. The van der Waals surface area contributed by atoms with Gasteiger partial charge in [0.1, 0.15) is 0 Å². The number of nitrogens with zero attached hydrogens (tertiary/aromatic N) is 2. The zero-order chi connectivity index (χ0) is 23.4. The lowest BCUT2D eigenvalue weighted by molar-refractivity contribution is -0.192. The van der Waals surface area contributed by atoms with Gasteiger partial charge in [-0.25, -0.2) is 9.89 Å². The highest BCUT2D eigenvalue weighted by molar-refractivity contribution is 6.33. The van der Waals surface area contributed by atoms with Gasteiger partial charge in [-0.3, -0.25) is 0 Å². The first-order valence-electron chi connectivity index (χ1n) is 8.00. The number of hydrogen-bond acceptors (Lipinski definition) is 5. The summed E-state index contributed by atoms with van der Waals surface area (Å²) in [5, 5.41) is 15.8. The smallest absolute Gasteiger partial charge is 0.475 e. The van der Waals surface area contributed by atoms with Crippen LogP contribution in [0.1, 0.15) is 5.56 Å². The van der Waals surface area contributed by atoms with Gasteiger partial charge < -0.3 is 16.2 Å². The molecular formula is C17H12ClF6N5O2. The van der Waals surface area contributed by atoms with Crippen molar-refractivity contribution in [2.45, 2.75) is 12.4 Å². The first kappa shape index (κ1) is 23.8. The number of rotatable bonds is 3.